The quantitative estimate of drug-likeness (QED) is 0.545. The molecular weight excluding hydrogens is 420 g/mol. The van der Waals surface area contributed by atoms with Crippen molar-refractivity contribution < 1.29 is 19.2 Å². The molecule has 0 aliphatic carbocycles. The predicted molar refractivity (Wildman–Crippen MR) is 121 cm³/mol. The summed E-state index contributed by atoms with van der Waals surface area (Å²) in [4.78, 5) is 17.7. The van der Waals surface area contributed by atoms with Gasteiger partial charge in [-0.1, -0.05) is 23.4 Å². The van der Waals surface area contributed by atoms with Crippen LogP contribution in [0.5, 0.6) is 5.75 Å². The van der Waals surface area contributed by atoms with Gasteiger partial charge in [-0.25, -0.2) is 0 Å². The van der Waals surface area contributed by atoms with Crippen molar-refractivity contribution in [3.8, 4) is 34.7 Å². The van der Waals surface area contributed by atoms with E-state index in [-0.39, 0.29) is 12.5 Å². The van der Waals surface area contributed by atoms with Crippen molar-refractivity contribution in [1.82, 2.24) is 15.0 Å². The number of carboxylic acid groups (broad SMARTS) is 1. The number of carboxylic acids is 1. The number of hydrogen-bond acceptors (Lipinski definition) is 7. The molecule has 8 nitrogen and oxygen atoms in total. The first-order valence-electron chi connectivity index (χ1n) is 11.0. The van der Waals surface area contributed by atoms with E-state index in [2.05, 4.69) is 27.2 Å². The van der Waals surface area contributed by atoms with Crippen LogP contribution in [0, 0.1) is 11.3 Å². The molecule has 33 heavy (non-hydrogen) atoms. The van der Waals surface area contributed by atoms with Crippen LogP contribution in [0.2, 0.25) is 0 Å². The molecule has 1 N–H and O–H groups in total. The maximum atomic E-state index is 10.8. The van der Waals surface area contributed by atoms with Gasteiger partial charge in [0.25, 0.3) is 5.89 Å². The van der Waals surface area contributed by atoms with E-state index in [0.29, 0.717) is 35.0 Å². The molecular formula is C25H26N4O4. The fourth-order valence-corrected chi connectivity index (χ4v) is 4.08. The van der Waals surface area contributed by atoms with Gasteiger partial charge >= 0.3 is 5.97 Å². The normalized spacial score (nSPS) is 13.5. The van der Waals surface area contributed by atoms with Crippen molar-refractivity contribution in [1.29, 1.82) is 5.26 Å². The van der Waals surface area contributed by atoms with Gasteiger partial charge in [0, 0.05) is 30.6 Å². The molecule has 4 rings (SSSR count). The zero-order chi connectivity index (χ0) is 23.4. The second-order valence-electron chi connectivity index (χ2n) is 8.38. The second kappa shape index (κ2) is 9.84. The Kier molecular flexibility index (Phi) is 6.71. The minimum Gasteiger partial charge on any atom is -0.490 e. The van der Waals surface area contributed by atoms with E-state index in [4.69, 9.17) is 14.4 Å². The third kappa shape index (κ3) is 5.21. The molecule has 1 aliphatic rings. The number of nitriles is 1. The SMILES string of the molecule is CC(C)Oc1ccc(-c2nc(-c3cccc4c3CCN(CCCC(=O)O)C4)no2)cc1C#N. The van der Waals surface area contributed by atoms with E-state index in [1.807, 2.05) is 32.0 Å². The van der Waals surface area contributed by atoms with E-state index >= 15 is 0 Å². The number of aromatic nitrogens is 2. The second-order valence-corrected chi connectivity index (χ2v) is 8.38. The molecule has 0 spiro atoms. The Hall–Kier alpha value is -3.70. The van der Waals surface area contributed by atoms with E-state index in [1.165, 1.54) is 11.1 Å². The van der Waals surface area contributed by atoms with Gasteiger partial charge in [-0.05, 0) is 62.6 Å². The lowest BCUT2D eigenvalue weighted by Gasteiger charge is -2.29. The summed E-state index contributed by atoms with van der Waals surface area (Å²) in [5.41, 5.74) is 4.41. The molecule has 1 aromatic heterocycles. The summed E-state index contributed by atoms with van der Waals surface area (Å²) in [6, 6.07) is 13.5. The lowest BCUT2D eigenvalue weighted by molar-refractivity contribution is -0.137. The minimum atomic E-state index is -0.758. The average Bonchev–Trinajstić information content (AvgIpc) is 3.28. The van der Waals surface area contributed by atoms with E-state index in [0.717, 1.165) is 31.6 Å². The summed E-state index contributed by atoms with van der Waals surface area (Å²) in [7, 11) is 0. The molecule has 0 bridgehead atoms. The molecule has 0 amide bonds. The zero-order valence-electron chi connectivity index (χ0n) is 18.7. The molecule has 0 radical (unpaired) electrons. The predicted octanol–water partition coefficient (Wildman–Crippen LogP) is 4.29. The first-order valence-corrected chi connectivity index (χ1v) is 11.0. The summed E-state index contributed by atoms with van der Waals surface area (Å²) < 4.78 is 11.2. The Morgan fingerprint density at radius 3 is 2.94 bits per heavy atom. The molecule has 0 atom stereocenters. The largest absolute Gasteiger partial charge is 0.490 e. The van der Waals surface area contributed by atoms with E-state index in [1.54, 1.807) is 12.1 Å². The molecule has 0 saturated heterocycles. The van der Waals surface area contributed by atoms with Crippen LogP contribution in [-0.4, -0.2) is 45.3 Å². The lowest BCUT2D eigenvalue weighted by Crippen LogP contribution is -2.32. The number of fused-ring (bicyclic) bond motifs is 1. The van der Waals surface area contributed by atoms with Crippen molar-refractivity contribution >= 4 is 5.97 Å². The molecule has 170 valence electrons. The summed E-state index contributed by atoms with van der Waals surface area (Å²) in [6.45, 7) is 6.22. The van der Waals surface area contributed by atoms with Crippen molar-refractivity contribution in [3.05, 3.63) is 53.1 Å². The number of nitrogens with zero attached hydrogens (tertiary/aromatic N) is 4. The van der Waals surface area contributed by atoms with E-state index in [9.17, 15) is 10.1 Å². The standard InChI is InChI=1S/C25H26N4O4/c1-16(2)32-22-9-8-17(13-19(22)14-26)25-27-24(28-33-25)21-6-3-5-18-15-29(12-10-20(18)21)11-4-7-23(30)31/h3,5-6,8-9,13,16H,4,7,10-12,15H2,1-2H3,(H,30,31). The Balaban J connectivity index is 1.54. The first-order chi connectivity index (χ1) is 15.9. The van der Waals surface area contributed by atoms with Crippen LogP contribution < -0.4 is 4.74 Å². The molecule has 1 aliphatic heterocycles. The van der Waals surface area contributed by atoms with Crippen LogP contribution in [0.1, 0.15) is 43.4 Å². The number of carbonyl (C=O) groups is 1. The van der Waals surface area contributed by atoms with Crippen molar-refractivity contribution in [3.63, 3.8) is 0 Å². The molecule has 0 fully saturated rings. The Morgan fingerprint density at radius 2 is 2.18 bits per heavy atom. The smallest absolute Gasteiger partial charge is 0.303 e. The zero-order valence-corrected chi connectivity index (χ0v) is 18.7. The fraction of sp³-hybridized carbons (Fsp3) is 0.360. The highest BCUT2D eigenvalue weighted by molar-refractivity contribution is 5.67. The number of hydrogen-bond donors (Lipinski definition) is 1. The highest BCUT2D eigenvalue weighted by Crippen LogP contribution is 2.31. The van der Waals surface area contributed by atoms with Crippen molar-refractivity contribution in [2.45, 2.75) is 45.8 Å². The fourth-order valence-electron chi connectivity index (χ4n) is 4.08. The highest BCUT2D eigenvalue weighted by Gasteiger charge is 2.22. The van der Waals surface area contributed by atoms with Gasteiger partial charge in [0.2, 0.25) is 5.82 Å². The van der Waals surface area contributed by atoms with Crippen LogP contribution in [0.4, 0.5) is 0 Å². The minimum absolute atomic E-state index is 0.0321. The maximum Gasteiger partial charge on any atom is 0.303 e. The first kappa shape index (κ1) is 22.5. The summed E-state index contributed by atoms with van der Waals surface area (Å²) in [5, 5.41) is 22.6. The number of aliphatic carboxylic acids is 1. The van der Waals surface area contributed by atoms with Gasteiger partial charge in [-0.2, -0.15) is 10.2 Å². The molecule has 0 unspecified atom stereocenters. The third-order valence-electron chi connectivity index (χ3n) is 5.59. The van der Waals surface area contributed by atoms with Crippen LogP contribution in [0.15, 0.2) is 40.9 Å². The number of ether oxygens (including phenoxy) is 1. The number of rotatable bonds is 8. The Labute approximate surface area is 192 Å². The van der Waals surface area contributed by atoms with Gasteiger partial charge < -0.3 is 14.4 Å². The molecule has 8 heteroatoms. The van der Waals surface area contributed by atoms with E-state index < -0.39 is 5.97 Å². The van der Waals surface area contributed by atoms with Crippen LogP contribution in [0.3, 0.4) is 0 Å². The number of benzene rings is 2. The third-order valence-corrected chi connectivity index (χ3v) is 5.59. The summed E-state index contributed by atoms with van der Waals surface area (Å²) in [5.74, 6) is 0.635. The average molecular weight is 447 g/mol. The van der Waals surface area contributed by atoms with Crippen LogP contribution in [-0.2, 0) is 17.8 Å². The Bertz CT molecular complexity index is 1200. The van der Waals surface area contributed by atoms with Crippen LogP contribution >= 0.6 is 0 Å². The molecule has 2 aromatic carbocycles. The van der Waals surface area contributed by atoms with Crippen molar-refractivity contribution in [2.24, 2.45) is 0 Å². The monoisotopic (exact) mass is 446 g/mol. The molecule has 3 aromatic rings. The molecule has 0 saturated carbocycles. The lowest BCUT2D eigenvalue weighted by atomic mass is 9.94. The highest BCUT2D eigenvalue weighted by atomic mass is 16.5. The maximum absolute atomic E-state index is 10.8. The topological polar surface area (TPSA) is 112 Å². The molecule has 2 heterocycles. The summed E-state index contributed by atoms with van der Waals surface area (Å²) in [6.07, 6.45) is 1.63. The van der Waals surface area contributed by atoms with Gasteiger partial charge in [0.1, 0.15) is 11.8 Å². The van der Waals surface area contributed by atoms with Gasteiger partial charge in [-0.3, -0.25) is 9.69 Å². The van der Waals surface area contributed by atoms with Crippen molar-refractivity contribution in [2.75, 3.05) is 13.1 Å². The Morgan fingerprint density at radius 1 is 1.33 bits per heavy atom. The summed E-state index contributed by atoms with van der Waals surface area (Å²) >= 11 is 0. The van der Waals surface area contributed by atoms with Crippen LogP contribution in [0.25, 0.3) is 22.8 Å². The van der Waals surface area contributed by atoms with Gasteiger partial charge in [0.15, 0.2) is 0 Å². The van der Waals surface area contributed by atoms with Gasteiger partial charge in [0.05, 0.1) is 11.7 Å². The van der Waals surface area contributed by atoms with Gasteiger partial charge in [-0.15, -0.1) is 0 Å².